The van der Waals surface area contributed by atoms with Crippen molar-refractivity contribution in [1.82, 2.24) is 4.72 Å². The van der Waals surface area contributed by atoms with Gasteiger partial charge in [-0.05, 0) is 61.2 Å². The Morgan fingerprint density at radius 2 is 1.75 bits per heavy atom. The lowest BCUT2D eigenvalue weighted by molar-refractivity contribution is -0.117. The molecule has 8 heteroatoms. The van der Waals surface area contributed by atoms with Crippen LogP contribution in [0.4, 0.5) is 10.1 Å². The number of hydrogen-bond acceptors (Lipinski definition) is 4. The average Bonchev–Trinajstić information content (AvgIpc) is 2.77. The van der Waals surface area contributed by atoms with Crippen LogP contribution in [0.15, 0.2) is 71.6 Å². The second-order valence-electron chi connectivity index (χ2n) is 7.40. The van der Waals surface area contributed by atoms with Gasteiger partial charge in [0.25, 0.3) is 0 Å². The van der Waals surface area contributed by atoms with Gasteiger partial charge in [-0.1, -0.05) is 42.5 Å². The molecule has 0 fully saturated rings. The molecule has 168 valence electrons. The van der Waals surface area contributed by atoms with Gasteiger partial charge in [0.15, 0.2) is 0 Å². The number of carbonyl (C=O) groups is 1. The van der Waals surface area contributed by atoms with Crippen molar-refractivity contribution in [2.24, 2.45) is 0 Å². The number of amides is 1. The topological polar surface area (TPSA) is 84.5 Å². The van der Waals surface area contributed by atoms with Crippen molar-refractivity contribution in [3.05, 3.63) is 89.2 Å². The number of benzene rings is 3. The fourth-order valence-corrected chi connectivity index (χ4v) is 4.63. The van der Waals surface area contributed by atoms with Crippen LogP contribution in [0.25, 0.3) is 0 Å². The molecule has 0 aliphatic rings. The van der Waals surface area contributed by atoms with Crippen molar-refractivity contribution in [3.8, 4) is 5.75 Å². The Morgan fingerprint density at radius 1 is 1.03 bits per heavy atom. The zero-order valence-electron chi connectivity index (χ0n) is 18.1. The maximum atomic E-state index is 13.8. The largest absolute Gasteiger partial charge is 0.495 e. The summed E-state index contributed by atoms with van der Waals surface area (Å²) >= 11 is 0. The van der Waals surface area contributed by atoms with Gasteiger partial charge in [-0.2, -0.15) is 4.72 Å². The van der Waals surface area contributed by atoms with E-state index in [1.54, 1.807) is 30.3 Å². The zero-order chi connectivity index (χ0) is 23.3. The number of methoxy groups -OCH3 is 1. The highest BCUT2D eigenvalue weighted by Crippen LogP contribution is 2.25. The molecule has 0 aliphatic heterocycles. The van der Waals surface area contributed by atoms with Crippen molar-refractivity contribution in [2.45, 2.75) is 31.2 Å². The highest BCUT2D eigenvalue weighted by Gasteiger charge is 2.29. The lowest BCUT2D eigenvalue weighted by Crippen LogP contribution is -2.45. The summed E-state index contributed by atoms with van der Waals surface area (Å²) in [5.74, 6) is -1.28. The Hall–Kier alpha value is -3.23. The molecule has 0 radical (unpaired) electrons. The van der Waals surface area contributed by atoms with Crippen LogP contribution in [-0.2, 0) is 21.2 Å². The molecule has 3 aromatic carbocycles. The van der Waals surface area contributed by atoms with Crippen molar-refractivity contribution in [3.63, 3.8) is 0 Å². The maximum Gasteiger partial charge on any atom is 0.245 e. The monoisotopic (exact) mass is 456 g/mol. The number of hydrogen-bond donors (Lipinski definition) is 2. The quantitative estimate of drug-likeness (QED) is 0.537. The molecule has 32 heavy (non-hydrogen) atoms. The van der Waals surface area contributed by atoms with Gasteiger partial charge >= 0.3 is 0 Å². The van der Waals surface area contributed by atoms with E-state index in [0.717, 1.165) is 28.8 Å². The van der Waals surface area contributed by atoms with Gasteiger partial charge in [-0.25, -0.2) is 12.8 Å². The van der Waals surface area contributed by atoms with E-state index in [4.69, 9.17) is 4.74 Å². The van der Waals surface area contributed by atoms with E-state index in [9.17, 15) is 17.6 Å². The lowest BCUT2D eigenvalue weighted by Gasteiger charge is -2.20. The fourth-order valence-electron chi connectivity index (χ4n) is 3.26. The molecule has 1 amide bonds. The Labute approximate surface area is 187 Å². The van der Waals surface area contributed by atoms with E-state index in [1.807, 2.05) is 32.0 Å². The number of aryl methyl sites for hydroxylation is 1. The van der Waals surface area contributed by atoms with Gasteiger partial charge in [0, 0.05) is 5.69 Å². The third-order valence-electron chi connectivity index (χ3n) is 5.17. The van der Waals surface area contributed by atoms with E-state index in [0.29, 0.717) is 5.69 Å². The molecule has 0 aliphatic carbocycles. The van der Waals surface area contributed by atoms with Crippen LogP contribution in [0.5, 0.6) is 5.75 Å². The second kappa shape index (κ2) is 9.93. The molecule has 0 spiro atoms. The highest BCUT2D eigenvalue weighted by atomic mass is 32.2. The SMILES string of the molecule is COc1ccc(F)cc1S(=O)(=O)NC(Cc1ccccc1)C(=O)Nc1cccc(C)c1C. The minimum atomic E-state index is -4.28. The van der Waals surface area contributed by atoms with Crippen LogP contribution in [0.2, 0.25) is 0 Å². The Morgan fingerprint density at radius 3 is 2.44 bits per heavy atom. The van der Waals surface area contributed by atoms with Gasteiger partial charge < -0.3 is 10.1 Å². The molecule has 0 saturated carbocycles. The smallest absolute Gasteiger partial charge is 0.245 e. The van der Waals surface area contributed by atoms with Crippen LogP contribution in [0.3, 0.4) is 0 Å². The van der Waals surface area contributed by atoms with Crippen molar-refractivity contribution < 1.29 is 22.3 Å². The maximum absolute atomic E-state index is 13.8. The molecular formula is C24H25FN2O4S. The normalized spacial score (nSPS) is 12.2. The molecule has 0 aromatic heterocycles. The summed E-state index contributed by atoms with van der Waals surface area (Å²) in [6.07, 6.45) is 0.106. The van der Waals surface area contributed by atoms with Crippen LogP contribution in [0.1, 0.15) is 16.7 Å². The van der Waals surface area contributed by atoms with E-state index < -0.39 is 27.8 Å². The van der Waals surface area contributed by atoms with Crippen LogP contribution in [0, 0.1) is 19.7 Å². The van der Waals surface area contributed by atoms with Gasteiger partial charge in [-0.3, -0.25) is 4.79 Å². The molecule has 6 nitrogen and oxygen atoms in total. The van der Waals surface area contributed by atoms with Crippen LogP contribution >= 0.6 is 0 Å². The number of nitrogens with one attached hydrogen (secondary N) is 2. The summed E-state index contributed by atoms with van der Waals surface area (Å²) in [4.78, 5) is 12.8. The average molecular weight is 457 g/mol. The zero-order valence-corrected chi connectivity index (χ0v) is 18.9. The molecule has 0 bridgehead atoms. The summed E-state index contributed by atoms with van der Waals surface area (Å²) in [7, 11) is -2.98. The Bertz CT molecular complexity index is 1210. The van der Waals surface area contributed by atoms with Crippen molar-refractivity contribution >= 4 is 21.6 Å². The molecule has 3 rings (SSSR count). The van der Waals surface area contributed by atoms with E-state index >= 15 is 0 Å². The molecule has 2 N–H and O–H groups in total. The third-order valence-corrected chi connectivity index (χ3v) is 6.67. The highest BCUT2D eigenvalue weighted by molar-refractivity contribution is 7.89. The number of sulfonamides is 1. The first-order valence-corrected chi connectivity index (χ1v) is 11.5. The van der Waals surface area contributed by atoms with Gasteiger partial charge in [0.1, 0.15) is 22.5 Å². The van der Waals surface area contributed by atoms with Crippen LogP contribution < -0.4 is 14.8 Å². The predicted molar refractivity (Wildman–Crippen MR) is 122 cm³/mol. The number of ether oxygens (including phenoxy) is 1. The minimum absolute atomic E-state index is 0.0210. The molecule has 3 aromatic rings. The first kappa shape index (κ1) is 23.4. The standard InChI is InChI=1S/C24H25FN2O4S/c1-16-8-7-11-20(17(16)2)26-24(28)21(14-18-9-5-4-6-10-18)27-32(29,30)23-15-19(25)12-13-22(23)31-3/h4-13,15,21,27H,14H2,1-3H3,(H,26,28). The number of rotatable bonds is 8. The molecule has 0 saturated heterocycles. The summed E-state index contributed by atoms with van der Waals surface area (Å²) in [6, 6.07) is 16.6. The van der Waals surface area contributed by atoms with E-state index in [1.165, 1.54) is 13.2 Å². The number of halogens is 1. The first-order valence-electron chi connectivity index (χ1n) is 9.98. The molecule has 1 atom stereocenters. The minimum Gasteiger partial charge on any atom is -0.495 e. The second-order valence-corrected chi connectivity index (χ2v) is 9.08. The predicted octanol–water partition coefficient (Wildman–Crippen LogP) is 3.98. The van der Waals surface area contributed by atoms with E-state index in [2.05, 4.69) is 10.0 Å². The Balaban J connectivity index is 1.95. The summed E-state index contributed by atoms with van der Waals surface area (Å²) < 4.78 is 47.5. The summed E-state index contributed by atoms with van der Waals surface area (Å²) in [6.45, 7) is 3.80. The summed E-state index contributed by atoms with van der Waals surface area (Å²) in [5, 5.41) is 2.81. The lowest BCUT2D eigenvalue weighted by atomic mass is 10.0. The fraction of sp³-hybridized carbons (Fsp3) is 0.208. The van der Waals surface area contributed by atoms with Gasteiger partial charge in [0.2, 0.25) is 15.9 Å². The third kappa shape index (κ3) is 5.52. The Kier molecular flexibility index (Phi) is 7.27. The first-order chi connectivity index (χ1) is 15.2. The summed E-state index contributed by atoms with van der Waals surface area (Å²) in [5.41, 5.74) is 3.24. The van der Waals surface area contributed by atoms with E-state index in [-0.39, 0.29) is 17.1 Å². The van der Waals surface area contributed by atoms with Crippen molar-refractivity contribution in [1.29, 1.82) is 0 Å². The van der Waals surface area contributed by atoms with Gasteiger partial charge in [-0.15, -0.1) is 0 Å². The molecule has 1 unspecified atom stereocenters. The van der Waals surface area contributed by atoms with Crippen LogP contribution in [-0.4, -0.2) is 27.5 Å². The molecular weight excluding hydrogens is 431 g/mol. The van der Waals surface area contributed by atoms with Gasteiger partial charge in [0.05, 0.1) is 7.11 Å². The number of carbonyl (C=O) groups excluding carboxylic acids is 1. The van der Waals surface area contributed by atoms with Crippen molar-refractivity contribution in [2.75, 3.05) is 12.4 Å². The molecule has 0 heterocycles. The number of anilines is 1.